The van der Waals surface area contributed by atoms with Gasteiger partial charge in [0.1, 0.15) is 11.9 Å². The average Bonchev–Trinajstić information content (AvgIpc) is 3.23. The lowest BCUT2D eigenvalue weighted by atomic mass is 9.55. The molecule has 1 heterocycles. The van der Waals surface area contributed by atoms with Crippen molar-refractivity contribution in [2.75, 3.05) is 5.32 Å². The Balaban J connectivity index is 1.31. The van der Waals surface area contributed by atoms with Crippen LogP contribution in [0, 0.1) is 17.7 Å². The second-order valence-electron chi connectivity index (χ2n) is 10.5. The van der Waals surface area contributed by atoms with Crippen LogP contribution in [0.5, 0.6) is 0 Å². The minimum Gasteiger partial charge on any atom is -0.324 e. The Kier molecular flexibility index (Phi) is 5.44. The molecule has 0 radical (unpaired) electrons. The van der Waals surface area contributed by atoms with Crippen molar-refractivity contribution >= 4 is 23.4 Å². The molecule has 4 aromatic carbocycles. The summed E-state index contributed by atoms with van der Waals surface area (Å²) in [6.07, 6.45) is 0.181. The Morgan fingerprint density at radius 2 is 1.15 bits per heavy atom. The molecule has 1 saturated heterocycles. The molecule has 1 aliphatic heterocycles. The van der Waals surface area contributed by atoms with Crippen LogP contribution >= 0.6 is 0 Å². The molecule has 8 rings (SSSR count). The van der Waals surface area contributed by atoms with E-state index in [1.165, 1.54) is 29.2 Å². The summed E-state index contributed by atoms with van der Waals surface area (Å²) in [5, 5.41) is 2.81. The number of benzene rings is 4. The van der Waals surface area contributed by atoms with Crippen LogP contribution < -0.4 is 5.32 Å². The van der Waals surface area contributed by atoms with E-state index < -0.39 is 29.6 Å². The van der Waals surface area contributed by atoms with E-state index in [0.29, 0.717) is 5.69 Å². The SMILES string of the molecule is O=C(Nc1ccc(F)cc1)[C@H](Cc1ccccc1)N1C(=O)[C@@H]2C3c4ccccc4C(c4ccccc43)[C@@H]2C1=O. The minimum atomic E-state index is -1.05. The normalized spacial score (nSPS) is 23.2. The first-order chi connectivity index (χ1) is 19.0. The first kappa shape index (κ1) is 23.5. The second kappa shape index (κ2) is 9.02. The van der Waals surface area contributed by atoms with Crippen LogP contribution in [0.15, 0.2) is 103 Å². The number of hydrogen-bond donors (Lipinski definition) is 1. The Hall–Kier alpha value is -4.58. The highest BCUT2D eigenvalue weighted by molar-refractivity contribution is 6.11. The fourth-order valence-corrected chi connectivity index (χ4v) is 6.90. The molecule has 6 heteroatoms. The zero-order valence-electron chi connectivity index (χ0n) is 21.0. The van der Waals surface area contributed by atoms with Crippen molar-refractivity contribution < 1.29 is 18.8 Å². The summed E-state index contributed by atoms with van der Waals surface area (Å²) < 4.78 is 13.5. The van der Waals surface area contributed by atoms with Crippen molar-refractivity contribution in [1.82, 2.24) is 4.90 Å². The third-order valence-corrected chi connectivity index (χ3v) is 8.48. The maximum atomic E-state index is 14.3. The van der Waals surface area contributed by atoms with Gasteiger partial charge in [-0.05, 0) is 52.1 Å². The number of amides is 3. The van der Waals surface area contributed by atoms with Gasteiger partial charge in [-0.2, -0.15) is 0 Å². The lowest BCUT2D eigenvalue weighted by Crippen LogP contribution is -2.49. The summed E-state index contributed by atoms with van der Waals surface area (Å²) in [5.41, 5.74) is 5.57. The Morgan fingerprint density at radius 3 is 1.64 bits per heavy atom. The number of carbonyl (C=O) groups is 3. The van der Waals surface area contributed by atoms with Gasteiger partial charge in [-0.3, -0.25) is 19.3 Å². The van der Waals surface area contributed by atoms with E-state index in [1.54, 1.807) is 0 Å². The number of anilines is 1. The average molecular weight is 517 g/mol. The van der Waals surface area contributed by atoms with Crippen molar-refractivity contribution in [3.05, 3.63) is 137 Å². The molecular formula is C33H25FN2O3. The van der Waals surface area contributed by atoms with E-state index in [2.05, 4.69) is 29.6 Å². The molecule has 1 N–H and O–H groups in total. The smallest absolute Gasteiger partial charge is 0.248 e. The molecule has 0 unspecified atom stereocenters. The molecule has 4 aromatic rings. The van der Waals surface area contributed by atoms with Crippen LogP contribution in [0.3, 0.4) is 0 Å². The van der Waals surface area contributed by atoms with Gasteiger partial charge in [0.2, 0.25) is 17.7 Å². The van der Waals surface area contributed by atoms with Crippen molar-refractivity contribution in [2.45, 2.75) is 24.3 Å². The fraction of sp³-hybridized carbons (Fsp3) is 0.182. The van der Waals surface area contributed by atoms with Gasteiger partial charge >= 0.3 is 0 Å². The number of nitrogens with zero attached hydrogens (tertiary/aromatic N) is 1. The zero-order valence-corrected chi connectivity index (χ0v) is 21.0. The predicted octanol–water partition coefficient (Wildman–Crippen LogP) is 5.27. The Labute approximate surface area is 225 Å². The van der Waals surface area contributed by atoms with Crippen LogP contribution in [0.2, 0.25) is 0 Å². The molecule has 5 nitrogen and oxygen atoms in total. The zero-order chi connectivity index (χ0) is 26.7. The Bertz CT molecular complexity index is 1500. The molecule has 0 spiro atoms. The van der Waals surface area contributed by atoms with Crippen LogP contribution in [0.25, 0.3) is 0 Å². The van der Waals surface area contributed by atoms with E-state index >= 15 is 0 Å². The minimum absolute atomic E-state index is 0.181. The summed E-state index contributed by atoms with van der Waals surface area (Å²) >= 11 is 0. The van der Waals surface area contributed by atoms with Crippen LogP contribution in [0.1, 0.15) is 39.7 Å². The molecule has 0 saturated carbocycles. The number of imide groups is 1. The molecule has 3 aliphatic carbocycles. The van der Waals surface area contributed by atoms with Gasteiger partial charge in [-0.15, -0.1) is 0 Å². The number of likely N-dealkylation sites (tertiary alicyclic amines) is 1. The number of carbonyl (C=O) groups excluding carboxylic acids is 3. The van der Waals surface area contributed by atoms with Crippen molar-refractivity contribution in [3.8, 4) is 0 Å². The predicted molar refractivity (Wildman–Crippen MR) is 144 cm³/mol. The van der Waals surface area contributed by atoms with Crippen molar-refractivity contribution in [1.29, 1.82) is 0 Å². The van der Waals surface area contributed by atoms with Gasteiger partial charge in [0, 0.05) is 23.9 Å². The Morgan fingerprint density at radius 1 is 0.692 bits per heavy atom. The highest BCUT2D eigenvalue weighted by Crippen LogP contribution is 2.61. The van der Waals surface area contributed by atoms with Gasteiger partial charge in [-0.25, -0.2) is 4.39 Å². The molecule has 1 fully saturated rings. The topological polar surface area (TPSA) is 66.5 Å². The van der Waals surface area contributed by atoms with Crippen LogP contribution in [-0.2, 0) is 20.8 Å². The van der Waals surface area contributed by atoms with E-state index in [-0.39, 0.29) is 30.1 Å². The molecule has 0 aromatic heterocycles. The molecule has 3 amide bonds. The molecule has 4 aliphatic rings. The maximum Gasteiger partial charge on any atom is 0.248 e. The summed E-state index contributed by atoms with van der Waals surface area (Å²) in [4.78, 5) is 43.5. The lowest BCUT2D eigenvalue weighted by molar-refractivity contribution is -0.146. The number of rotatable bonds is 5. The monoisotopic (exact) mass is 516 g/mol. The third-order valence-electron chi connectivity index (χ3n) is 8.48. The summed E-state index contributed by atoms with van der Waals surface area (Å²) in [6, 6.07) is 29.9. The number of hydrogen-bond acceptors (Lipinski definition) is 3. The largest absolute Gasteiger partial charge is 0.324 e. The van der Waals surface area contributed by atoms with Gasteiger partial charge in [0.15, 0.2) is 0 Å². The second-order valence-corrected chi connectivity index (χ2v) is 10.5. The van der Waals surface area contributed by atoms with E-state index in [0.717, 1.165) is 27.8 Å². The first-order valence-electron chi connectivity index (χ1n) is 13.2. The van der Waals surface area contributed by atoms with Gasteiger partial charge in [0.25, 0.3) is 0 Å². The molecule has 192 valence electrons. The van der Waals surface area contributed by atoms with E-state index in [4.69, 9.17) is 0 Å². The standard InChI is InChI=1S/C33H25FN2O3/c34-20-14-16-21(17-15-20)35-31(37)26(18-19-8-2-1-3-9-19)36-32(38)29-27-22-10-4-5-11-23(22)28(30(29)33(36)39)25-13-7-6-12-24(25)27/h1-17,26-30H,18H2,(H,35,37)/t26-,27?,28?,29-,30+/m0/s1. The molecule has 2 bridgehead atoms. The maximum absolute atomic E-state index is 14.3. The summed E-state index contributed by atoms with van der Waals surface area (Å²) in [5.74, 6) is -3.13. The van der Waals surface area contributed by atoms with Crippen molar-refractivity contribution in [3.63, 3.8) is 0 Å². The van der Waals surface area contributed by atoms with Gasteiger partial charge in [0.05, 0.1) is 11.8 Å². The van der Waals surface area contributed by atoms with Crippen LogP contribution in [-0.4, -0.2) is 28.7 Å². The lowest BCUT2D eigenvalue weighted by Gasteiger charge is -2.45. The third kappa shape index (κ3) is 3.62. The van der Waals surface area contributed by atoms with E-state index in [9.17, 15) is 18.8 Å². The van der Waals surface area contributed by atoms with Crippen LogP contribution in [0.4, 0.5) is 10.1 Å². The van der Waals surface area contributed by atoms with Crippen molar-refractivity contribution in [2.24, 2.45) is 11.8 Å². The fourth-order valence-electron chi connectivity index (χ4n) is 6.90. The summed E-state index contributed by atoms with van der Waals surface area (Å²) in [7, 11) is 0. The molecular weight excluding hydrogens is 491 g/mol. The van der Waals surface area contributed by atoms with E-state index in [1.807, 2.05) is 54.6 Å². The highest BCUT2D eigenvalue weighted by atomic mass is 19.1. The highest BCUT2D eigenvalue weighted by Gasteiger charge is 2.63. The quantitative estimate of drug-likeness (QED) is 0.368. The first-order valence-corrected chi connectivity index (χ1v) is 13.2. The van der Waals surface area contributed by atoms with Gasteiger partial charge < -0.3 is 5.32 Å². The van der Waals surface area contributed by atoms with Gasteiger partial charge in [-0.1, -0.05) is 78.9 Å². The molecule has 3 atom stereocenters. The molecule has 39 heavy (non-hydrogen) atoms. The summed E-state index contributed by atoms with van der Waals surface area (Å²) in [6.45, 7) is 0. The number of nitrogens with one attached hydrogen (secondary N) is 1. The number of halogens is 1.